The Hall–Kier alpha value is -3.10. The average Bonchev–Trinajstić information content (AvgIpc) is 2.67. The Morgan fingerprint density at radius 2 is 1.41 bits per heavy atom. The minimum Gasteiger partial charge on any atom is -0.854 e. The number of nitrogens with zero attached hydrogens (tertiary/aromatic N) is 2. The molecule has 0 bridgehead atoms. The van der Waals surface area contributed by atoms with Crippen LogP contribution in [0.3, 0.4) is 0 Å². The molecule has 0 aliphatic carbocycles. The molecule has 1 aromatic heterocycles. The van der Waals surface area contributed by atoms with Crippen molar-refractivity contribution in [3.63, 3.8) is 0 Å². The lowest BCUT2D eigenvalue weighted by molar-refractivity contribution is -0.681. The standard InChI is InChI=1S/C17H10F10N2O3/c18-13(32-17(26,27)15(21,22)16(23,24)25)14(19,20)31-11-6-4-10(5-7-11)12(30)28-29-8-2-1-3-9-29/h1-9,13H. The van der Waals surface area contributed by atoms with Crippen LogP contribution in [0, 0.1) is 0 Å². The summed E-state index contributed by atoms with van der Waals surface area (Å²) >= 11 is 0. The van der Waals surface area contributed by atoms with Gasteiger partial charge in [0.2, 0.25) is 12.4 Å². The number of aromatic nitrogens is 1. The van der Waals surface area contributed by atoms with Crippen molar-refractivity contribution in [1.82, 2.24) is 0 Å². The molecule has 32 heavy (non-hydrogen) atoms. The lowest BCUT2D eigenvalue weighted by Crippen LogP contribution is -2.56. The molecule has 0 spiro atoms. The van der Waals surface area contributed by atoms with Gasteiger partial charge in [0.15, 0.2) is 0 Å². The Morgan fingerprint density at radius 3 is 1.91 bits per heavy atom. The fraction of sp³-hybridized carbons (Fsp3) is 0.294. The number of rotatable bonds is 8. The van der Waals surface area contributed by atoms with Gasteiger partial charge in [-0.2, -0.15) is 39.5 Å². The van der Waals surface area contributed by atoms with Crippen LogP contribution < -0.4 is 14.5 Å². The minimum atomic E-state index is -6.97. The number of hydrogen-bond acceptors (Lipinski definition) is 4. The van der Waals surface area contributed by atoms with Crippen molar-refractivity contribution in [1.29, 1.82) is 0 Å². The highest BCUT2D eigenvalue weighted by molar-refractivity contribution is 5.90. The van der Waals surface area contributed by atoms with E-state index in [4.69, 9.17) is 0 Å². The highest BCUT2D eigenvalue weighted by atomic mass is 19.4. The molecule has 0 N–H and O–H groups in total. The summed E-state index contributed by atoms with van der Waals surface area (Å²) in [5.41, 5.74) is -0.179. The van der Waals surface area contributed by atoms with Gasteiger partial charge < -0.3 is 9.84 Å². The van der Waals surface area contributed by atoms with Gasteiger partial charge >= 0.3 is 30.7 Å². The van der Waals surface area contributed by atoms with E-state index in [0.29, 0.717) is 12.1 Å². The number of ether oxygens (including phenoxy) is 2. The lowest BCUT2D eigenvalue weighted by Gasteiger charge is -2.30. The quantitative estimate of drug-likeness (QED) is 0.251. The molecule has 0 aliphatic heterocycles. The molecule has 2 rings (SSSR count). The second-order valence-electron chi connectivity index (χ2n) is 5.87. The number of halogens is 10. The molecule has 176 valence electrons. The van der Waals surface area contributed by atoms with Crippen molar-refractivity contribution >= 4 is 5.90 Å². The molecule has 2 aromatic rings. The van der Waals surface area contributed by atoms with Crippen molar-refractivity contribution in [2.75, 3.05) is 0 Å². The van der Waals surface area contributed by atoms with Gasteiger partial charge in [0.1, 0.15) is 5.75 Å². The molecule has 15 heteroatoms. The fourth-order valence-electron chi connectivity index (χ4n) is 1.93. The van der Waals surface area contributed by atoms with Gasteiger partial charge in [0.05, 0.1) is 5.90 Å². The Kier molecular flexibility index (Phi) is 6.92. The molecule has 0 radical (unpaired) electrons. The summed E-state index contributed by atoms with van der Waals surface area (Å²) in [5.74, 6) is -8.79. The largest absolute Gasteiger partial charge is 0.854 e. The smallest absolute Gasteiger partial charge is 0.462 e. The topological polar surface area (TPSA) is 57.8 Å². The maximum Gasteiger partial charge on any atom is 0.462 e. The molecule has 0 aliphatic rings. The number of alkyl halides is 10. The predicted molar refractivity (Wildman–Crippen MR) is 82.5 cm³/mol. The first-order valence-electron chi connectivity index (χ1n) is 8.10. The van der Waals surface area contributed by atoms with Gasteiger partial charge in [-0.1, -0.05) is 22.9 Å². The molecule has 1 heterocycles. The fourth-order valence-corrected chi connectivity index (χ4v) is 1.93. The van der Waals surface area contributed by atoms with Crippen LogP contribution in [-0.2, 0) is 4.74 Å². The monoisotopic (exact) mass is 480 g/mol. The summed E-state index contributed by atoms with van der Waals surface area (Å²) in [7, 11) is 0. The number of benzene rings is 1. The zero-order valence-corrected chi connectivity index (χ0v) is 15.2. The van der Waals surface area contributed by atoms with Crippen LogP contribution in [0.15, 0.2) is 60.0 Å². The summed E-state index contributed by atoms with van der Waals surface area (Å²) < 4.78 is 135. The van der Waals surface area contributed by atoms with E-state index >= 15 is 0 Å². The Bertz CT molecular complexity index is 934. The normalized spacial score (nSPS) is 14.9. The molecular formula is C17H10F10N2O3. The molecule has 1 aromatic carbocycles. The predicted octanol–water partition coefficient (Wildman–Crippen LogP) is 3.62. The number of hydrogen-bond donors (Lipinski definition) is 0. The first-order chi connectivity index (χ1) is 14.6. The van der Waals surface area contributed by atoms with E-state index in [1.165, 1.54) is 12.4 Å². The molecule has 0 fully saturated rings. The second-order valence-corrected chi connectivity index (χ2v) is 5.87. The van der Waals surface area contributed by atoms with Crippen LogP contribution in [0.2, 0.25) is 0 Å². The van der Waals surface area contributed by atoms with Gasteiger partial charge in [0.25, 0.3) is 0 Å². The van der Waals surface area contributed by atoms with Gasteiger partial charge in [0, 0.05) is 12.1 Å². The summed E-state index contributed by atoms with van der Waals surface area (Å²) in [4.78, 5) is 0. The van der Waals surface area contributed by atoms with E-state index in [9.17, 15) is 49.0 Å². The molecule has 5 nitrogen and oxygen atoms in total. The van der Waals surface area contributed by atoms with Crippen LogP contribution in [0.5, 0.6) is 5.75 Å². The van der Waals surface area contributed by atoms with E-state index in [1.807, 2.05) is 0 Å². The molecule has 0 saturated heterocycles. The van der Waals surface area contributed by atoms with Crippen molar-refractivity contribution < 1.29 is 63.2 Å². The van der Waals surface area contributed by atoms with Crippen LogP contribution >= 0.6 is 0 Å². The van der Waals surface area contributed by atoms with Crippen LogP contribution in [0.25, 0.3) is 0 Å². The zero-order valence-electron chi connectivity index (χ0n) is 15.2. The Labute approximate surface area is 172 Å². The highest BCUT2D eigenvalue weighted by Crippen LogP contribution is 2.48. The lowest BCUT2D eigenvalue weighted by atomic mass is 10.2. The molecule has 0 saturated carbocycles. The highest BCUT2D eigenvalue weighted by Gasteiger charge is 2.76. The van der Waals surface area contributed by atoms with Gasteiger partial charge in [-0.05, 0) is 22.8 Å². The number of pyridine rings is 1. The maximum absolute atomic E-state index is 13.6. The van der Waals surface area contributed by atoms with Crippen molar-refractivity contribution in [3.05, 3.63) is 60.4 Å². The van der Waals surface area contributed by atoms with Gasteiger partial charge in [-0.15, -0.1) is 0 Å². The van der Waals surface area contributed by atoms with Crippen LogP contribution in [-0.4, -0.2) is 36.6 Å². The van der Waals surface area contributed by atoms with Gasteiger partial charge in [-0.25, -0.2) is 4.39 Å². The van der Waals surface area contributed by atoms with Crippen molar-refractivity contribution in [2.45, 2.75) is 30.7 Å². The summed E-state index contributed by atoms with van der Waals surface area (Å²) in [5, 5.41) is 15.6. The van der Waals surface area contributed by atoms with E-state index in [1.54, 1.807) is 18.2 Å². The summed E-state index contributed by atoms with van der Waals surface area (Å²) in [6.45, 7) is 0. The SMILES string of the molecule is [O-]/C(=N\[n+]1ccccc1)c1ccc(OC(F)(F)C(F)OC(F)(F)C(F)(F)C(F)(F)F)cc1. The molecule has 1 unspecified atom stereocenters. The first kappa shape index (κ1) is 25.2. The van der Waals surface area contributed by atoms with Gasteiger partial charge in [-0.3, -0.25) is 4.74 Å². The van der Waals surface area contributed by atoms with E-state index < -0.39 is 42.3 Å². The van der Waals surface area contributed by atoms with Crippen LogP contribution in [0.4, 0.5) is 43.9 Å². The third-order valence-corrected chi connectivity index (χ3v) is 3.50. The third-order valence-electron chi connectivity index (χ3n) is 3.50. The Balaban J connectivity index is 2.11. The zero-order chi connectivity index (χ0) is 24.4. The van der Waals surface area contributed by atoms with E-state index in [-0.39, 0.29) is 5.56 Å². The van der Waals surface area contributed by atoms with Crippen molar-refractivity contribution in [3.8, 4) is 5.75 Å². The second kappa shape index (κ2) is 8.80. The molecular weight excluding hydrogens is 470 g/mol. The maximum atomic E-state index is 13.6. The van der Waals surface area contributed by atoms with E-state index in [0.717, 1.165) is 16.8 Å². The summed E-state index contributed by atoms with van der Waals surface area (Å²) in [6.07, 6.45) is -20.9. The summed E-state index contributed by atoms with van der Waals surface area (Å²) in [6, 6.07) is 7.72. The van der Waals surface area contributed by atoms with E-state index in [2.05, 4.69) is 14.6 Å². The Morgan fingerprint density at radius 1 is 0.875 bits per heavy atom. The molecule has 0 amide bonds. The minimum absolute atomic E-state index is 0.179. The third kappa shape index (κ3) is 5.57. The average molecular weight is 480 g/mol. The van der Waals surface area contributed by atoms with Crippen LogP contribution in [0.1, 0.15) is 5.56 Å². The first-order valence-corrected chi connectivity index (χ1v) is 8.10. The molecule has 1 atom stereocenters. The van der Waals surface area contributed by atoms with Crippen molar-refractivity contribution in [2.24, 2.45) is 5.10 Å².